The van der Waals surface area contributed by atoms with E-state index in [0.29, 0.717) is 25.6 Å². The van der Waals surface area contributed by atoms with Crippen LogP contribution in [0.4, 0.5) is 4.79 Å². The van der Waals surface area contributed by atoms with Crippen molar-refractivity contribution in [2.24, 2.45) is 5.92 Å². The highest BCUT2D eigenvalue weighted by atomic mass is 35.5. The molecule has 0 atom stereocenters. The molecule has 0 saturated heterocycles. The molecule has 0 bridgehead atoms. The van der Waals surface area contributed by atoms with Crippen LogP contribution in [0.5, 0.6) is 0 Å². The zero-order valence-corrected chi connectivity index (χ0v) is 10.7. The second kappa shape index (κ2) is 8.35. The summed E-state index contributed by atoms with van der Waals surface area (Å²) in [5.41, 5.74) is 0. The van der Waals surface area contributed by atoms with Crippen LogP contribution in [-0.4, -0.2) is 49.5 Å². The van der Waals surface area contributed by atoms with Crippen LogP contribution in [0.3, 0.4) is 0 Å². The number of nitrogens with zero attached hydrogens (tertiary/aromatic N) is 1. The van der Waals surface area contributed by atoms with Gasteiger partial charge in [-0.3, -0.25) is 10.1 Å². The third-order valence-electron chi connectivity index (χ3n) is 1.81. The molecule has 5 nitrogen and oxygen atoms in total. The van der Waals surface area contributed by atoms with Gasteiger partial charge < -0.3 is 9.64 Å². The lowest BCUT2D eigenvalue weighted by atomic mass is 10.2. The van der Waals surface area contributed by atoms with Gasteiger partial charge in [-0.15, -0.1) is 11.6 Å². The summed E-state index contributed by atoms with van der Waals surface area (Å²) in [5, 5.41) is 2.20. The number of hydrogen-bond acceptors (Lipinski definition) is 3. The van der Waals surface area contributed by atoms with Crippen LogP contribution in [0.25, 0.3) is 0 Å². The number of nitrogens with one attached hydrogen (secondary N) is 1. The Morgan fingerprint density at radius 1 is 1.44 bits per heavy atom. The molecule has 0 aliphatic rings. The van der Waals surface area contributed by atoms with E-state index in [1.165, 1.54) is 0 Å². The van der Waals surface area contributed by atoms with Crippen molar-refractivity contribution in [1.29, 1.82) is 0 Å². The van der Waals surface area contributed by atoms with E-state index in [2.05, 4.69) is 5.32 Å². The van der Waals surface area contributed by atoms with Gasteiger partial charge in [0.15, 0.2) is 0 Å². The minimum Gasteiger partial charge on any atom is -0.383 e. The van der Waals surface area contributed by atoms with Gasteiger partial charge in [0.1, 0.15) is 5.88 Å². The van der Waals surface area contributed by atoms with Crippen LogP contribution in [0, 0.1) is 5.92 Å². The summed E-state index contributed by atoms with van der Waals surface area (Å²) < 4.78 is 4.90. The van der Waals surface area contributed by atoms with Crippen molar-refractivity contribution in [2.45, 2.75) is 13.8 Å². The van der Waals surface area contributed by atoms with Gasteiger partial charge >= 0.3 is 6.03 Å². The van der Waals surface area contributed by atoms with Crippen LogP contribution < -0.4 is 5.32 Å². The standard InChI is InChI=1S/C10H19ClN2O3/c1-8(2)7-13(4-5-16-3)10(15)12-9(14)6-11/h8H,4-7H2,1-3H3,(H,12,14,15). The van der Waals surface area contributed by atoms with E-state index in [0.717, 1.165) is 0 Å². The summed E-state index contributed by atoms with van der Waals surface area (Å²) in [5.74, 6) is -0.377. The molecule has 0 aromatic carbocycles. The van der Waals surface area contributed by atoms with E-state index < -0.39 is 11.9 Å². The Labute approximate surface area is 101 Å². The average molecular weight is 251 g/mol. The van der Waals surface area contributed by atoms with Gasteiger partial charge in [0.25, 0.3) is 0 Å². The monoisotopic (exact) mass is 250 g/mol. The lowest BCUT2D eigenvalue weighted by molar-refractivity contribution is -0.117. The van der Waals surface area contributed by atoms with E-state index in [1.807, 2.05) is 13.8 Å². The predicted molar refractivity (Wildman–Crippen MR) is 62.5 cm³/mol. The maximum atomic E-state index is 11.6. The molecule has 0 aromatic rings. The summed E-state index contributed by atoms with van der Waals surface area (Å²) in [4.78, 5) is 24.1. The van der Waals surface area contributed by atoms with E-state index in [-0.39, 0.29) is 5.88 Å². The second-order valence-corrected chi connectivity index (χ2v) is 4.09. The molecule has 1 N–H and O–H groups in total. The number of hydrogen-bond donors (Lipinski definition) is 1. The maximum absolute atomic E-state index is 11.6. The highest BCUT2D eigenvalue weighted by molar-refractivity contribution is 6.28. The molecular formula is C10H19ClN2O3. The van der Waals surface area contributed by atoms with Gasteiger partial charge in [-0.2, -0.15) is 0 Å². The molecule has 6 heteroatoms. The molecule has 0 aliphatic carbocycles. The molecule has 0 saturated carbocycles. The average Bonchev–Trinajstić information content (AvgIpc) is 2.23. The van der Waals surface area contributed by atoms with Crippen molar-refractivity contribution in [3.05, 3.63) is 0 Å². The molecule has 0 heterocycles. The topological polar surface area (TPSA) is 58.6 Å². The number of alkyl halides is 1. The Morgan fingerprint density at radius 2 is 2.06 bits per heavy atom. The molecule has 0 spiro atoms. The Kier molecular flexibility index (Phi) is 7.93. The molecule has 0 unspecified atom stereocenters. The van der Waals surface area contributed by atoms with Crippen LogP contribution in [0.15, 0.2) is 0 Å². The largest absolute Gasteiger partial charge is 0.383 e. The number of imide groups is 1. The Balaban J connectivity index is 4.25. The van der Waals surface area contributed by atoms with Crippen LogP contribution in [-0.2, 0) is 9.53 Å². The zero-order chi connectivity index (χ0) is 12.6. The summed E-state index contributed by atoms with van der Waals surface area (Å²) >= 11 is 5.30. The van der Waals surface area contributed by atoms with Crippen LogP contribution in [0.2, 0.25) is 0 Å². The molecule has 16 heavy (non-hydrogen) atoms. The fourth-order valence-electron chi connectivity index (χ4n) is 1.15. The second-order valence-electron chi connectivity index (χ2n) is 3.82. The van der Waals surface area contributed by atoms with E-state index in [1.54, 1.807) is 12.0 Å². The maximum Gasteiger partial charge on any atom is 0.324 e. The van der Waals surface area contributed by atoms with E-state index >= 15 is 0 Å². The number of rotatable bonds is 6. The van der Waals surface area contributed by atoms with Crippen LogP contribution >= 0.6 is 11.6 Å². The lowest BCUT2D eigenvalue weighted by Crippen LogP contribution is -2.46. The highest BCUT2D eigenvalue weighted by Gasteiger charge is 2.16. The van der Waals surface area contributed by atoms with Gasteiger partial charge in [0.2, 0.25) is 5.91 Å². The van der Waals surface area contributed by atoms with Crippen molar-refractivity contribution >= 4 is 23.5 Å². The number of amides is 3. The SMILES string of the molecule is COCCN(CC(C)C)C(=O)NC(=O)CCl. The first-order valence-corrected chi connectivity index (χ1v) is 5.68. The molecular weight excluding hydrogens is 232 g/mol. The number of ether oxygens (including phenoxy) is 1. The van der Waals surface area contributed by atoms with E-state index in [4.69, 9.17) is 16.3 Å². The fraction of sp³-hybridized carbons (Fsp3) is 0.800. The highest BCUT2D eigenvalue weighted by Crippen LogP contribution is 1.99. The molecule has 0 fully saturated rings. The first-order chi connectivity index (χ1) is 7.51. The summed E-state index contributed by atoms with van der Waals surface area (Å²) in [6.45, 7) is 5.46. The number of halogens is 1. The number of carbonyl (C=O) groups is 2. The summed E-state index contributed by atoms with van der Waals surface area (Å²) in [6.07, 6.45) is 0. The zero-order valence-electron chi connectivity index (χ0n) is 9.96. The molecule has 0 radical (unpaired) electrons. The third-order valence-corrected chi connectivity index (χ3v) is 2.05. The summed E-state index contributed by atoms with van der Waals surface area (Å²) in [6, 6.07) is -0.420. The molecule has 3 amide bonds. The minimum atomic E-state index is -0.488. The Hall–Kier alpha value is -0.810. The number of carbonyl (C=O) groups excluding carboxylic acids is 2. The van der Waals surface area contributed by atoms with Crippen LogP contribution in [0.1, 0.15) is 13.8 Å². The van der Waals surface area contributed by atoms with Crippen molar-refractivity contribution in [3.8, 4) is 0 Å². The molecule has 0 aromatic heterocycles. The van der Waals surface area contributed by atoms with Gasteiger partial charge in [-0.1, -0.05) is 13.8 Å². The quantitative estimate of drug-likeness (QED) is 0.718. The van der Waals surface area contributed by atoms with E-state index in [9.17, 15) is 9.59 Å². The Morgan fingerprint density at radius 3 is 2.50 bits per heavy atom. The molecule has 0 rings (SSSR count). The van der Waals surface area contributed by atoms with Gasteiger partial charge in [0, 0.05) is 20.2 Å². The van der Waals surface area contributed by atoms with Crippen molar-refractivity contribution in [1.82, 2.24) is 10.2 Å². The lowest BCUT2D eigenvalue weighted by Gasteiger charge is -2.23. The molecule has 94 valence electrons. The number of urea groups is 1. The van der Waals surface area contributed by atoms with Gasteiger partial charge in [-0.25, -0.2) is 4.79 Å². The number of methoxy groups -OCH3 is 1. The minimum absolute atomic E-state index is 0.217. The fourth-order valence-corrected chi connectivity index (χ4v) is 1.22. The first-order valence-electron chi connectivity index (χ1n) is 5.14. The first kappa shape index (κ1) is 15.2. The molecule has 0 aliphatic heterocycles. The predicted octanol–water partition coefficient (Wildman–Crippen LogP) is 1.07. The third kappa shape index (κ3) is 6.63. The van der Waals surface area contributed by atoms with Crippen molar-refractivity contribution in [2.75, 3.05) is 32.7 Å². The normalized spacial score (nSPS) is 10.3. The summed E-state index contributed by atoms with van der Waals surface area (Å²) in [7, 11) is 1.56. The van der Waals surface area contributed by atoms with Crippen molar-refractivity contribution in [3.63, 3.8) is 0 Å². The van der Waals surface area contributed by atoms with Crippen molar-refractivity contribution < 1.29 is 14.3 Å². The van der Waals surface area contributed by atoms with Gasteiger partial charge in [-0.05, 0) is 5.92 Å². The Bertz CT molecular complexity index is 234. The smallest absolute Gasteiger partial charge is 0.324 e. The van der Waals surface area contributed by atoms with Gasteiger partial charge in [0.05, 0.1) is 6.61 Å².